The summed E-state index contributed by atoms with van der Waals surface area (Å²) in [7, 11) is 0. The molecule has 16 heavy (non-hydrogen) atoms. The fourth-order valence-corrected chi connectivity index (χ4v) is 1.81. The van der Waals surface area contributed by atoms with E-state index in [1.807, 2.05) is 4.90 Å². The fraction of sp³-hybridized carbons (Fsp3) is 0.833. The van der Waals surface area contributed by atoms with E-state index in [0.717, 1.165) is 32.5 Å². The summed E-state index contributed by atoms with van der Waals surface area (Å²) >= 11 is 0. The second-order valence-corrected chi connectivity index (χ2v) is 4.78. The summed E-state index contributed by atoms with van der Waals surface area (Å²) in [5.74, 6) is 0.609. The quantitative estimate of drug-likeness (QED) is 0.760. The lowest BCUT2D eigenvalue weighted by molar-refractivity contribution is -0.130. The van der Waals surface area contributed by atoms with Gasteiger partial charge in [0.05, 0.1) is 12.5 Å². The molecule has 90 valence electrons. The van der Waals surface area contributed by atoms with Gasteiger partial charge in [0.25, 0.3) is 0 Å². The molecule has 0 aromatic carbocycles. The molecule has 1 saturated heterocycles. The van der Waals surface area contributed by atoms with Crippen molar-refractivity contribution >= 4 is 5.91 Å². The Morgan fingerprint density at radius 1 is 1.44 bits per heavy atom. The third-order valence-electron chi connectivity index (χ3n) is 2.77. The van der Waals surface area contributed by atoms with Gasteiger partial charge in [0.1, 0.15) is 6.04 Å². The van der Waals surface area contributed by atoms with Crippen molar-refractivity contribution in [3.05, 3.63) is 0 Å². The van der Waals surface area contributed by atoms with Gasteiger partial charge < -0.3 is 10.2 Å². The minimum atomic E-state index is -0.338. The van der Waals surface area contributed by atoms with Gasteiger partial charge in [0.2, 0.25) is 5.91 Å². The molecule has 0 aromatic rings. The van der Waals surface area contributed by atoms with Gasteiger partial charge in [0.15, 0.2) is 0 Å². The van der Waals surface area contributed by atoms with Gasteiger partial charge in [-0.25, -0.2) is 0 Å². The van der Waals surface area contributed by atoms with E-state index in [1.165, 1.54) is 0 Å². The Morgan fingerprint density at radius 3 is 2.56 bits per heavy atom. The Labute approximate surface area is 97.6 Å². The highest BCUT2D eigenvalue weighted by atomic mass is 16.2. The summed E-state index contributed by atoms with van der Waals surface area (Å²) < 4.78 is 0. The van der Waals surface area contributed by atoms with E-state index in [-0.39, 0.29) is 11.9 Å². The standard InChI is InChI=1S/C12H21N3O/c1-10(2)9-14-11(8-13)7-12(16)15-5-3-4-6-15/h10-11,14H,3-7,9H2,1-2H3. The van der Waals surface area contributed by atoms with Crippen molar-refractivity contribution in [3.63, 3.8) is 0 Å². The first-order valence-electron chi connectivity index (χ1n) is 6.04. The Balaban J connectivity index is 2.32. The van der Waals surface area contributed by atoms with Crippen molar-refractivity contribution in [2.75, 3.05) is 19.6 Å². The monoisotopic (exact) mass is 223 g/mol. The molecule has 0 bridgehead atoms. The summed E-state index contributed by atoms with van der Waals surface area (Å²) in [6.07, 6.45) is 2.51. The van der Waals surface area contributed by atoms with Gasteiger partial charge in [0, 0.05) is 13.1 Å². The molecule has 1 aliphatic rings. The van der Waals surface area contributed by atoms with E-state index in [9.17, 15) is 4.79 Å². The average molecular weight is 223 g/mol. The van der Waals surface area contributed by atoms with E-state index in [1.54, 1.807) is 0 Å². The zero-order valence-electron chi connectivity index (χ0n) is 10.2. The van der Waals surface area contributed by atoms with E-state index in [0.29, 0.717) is 12.3 Å². The summed E-state index contributed by atoms with van der Waals surface area (Å²) in [6, 6.07) is 1.82. The van der Waals surface area contributed by atoms with E-state index < -0.39 is 0 Å². The fourth-order valence-electron chi connectivity index (χ4n) is 1.81. The predicted octanol–water partition coefficient (Wildman–Crippen LogP) is 1.14. The summed E-state index contributed by atoms with van der Waals surface area (Å²) in [6.45, 7) is 6.68. The first-order valence-corrected chi connectivity index (χ1v) is 6.04. The molecule has 0 aliphatic carbocycles. The molecule has 0 spiro atoms. The average Bonchev–Trinajstić information content (AvgIpc) is 2.76. The lowest BCUT2D eigenvalue weighted by Crippen LogP contribution is -2.37. The molecule has 1 unspecified atom stereocenters. The minimum Gasteiger partial charge on any atom is -0.343 e. The van der Waals surface area contributed by atoms with Crippen LogP contribution in [0.25, 0.3) is 0 Å². The number of rotatable bonds is 5. The number of hydrogen-bond acceptors (Lipinski definition) is 3. The zero-order valence-corrected chi connectivity index (χ0v) is 10.2. The number of amides is 1. The lowest BCUT2D eigenvalue weighted by atomic mass is 10.1. The van der Waals surface area contributed by atoms with Crippen molar-refractivity contribution in [3.8, 4) is 6.07 Å². The number of nitrogens with one attached hydrogen (secondary N) is 1. The van der Waals surface area contributed by atoms with E-state index >= 15 is 0 Å². The Bertz CT molecular complexity index is 264. The highest BCUT2D eigenvalue weighted by Crippen LogP contribution is 2.09. The first-order chi connectivity index (χ1) is 7.63. The van der Waals surface area contributed by atoms with Crippen LogP contribution in [0.3, 0.4) is 0 Å². The maximum atomic E-state index is 11.8. The Kier molecular flexibility index (Phi) is 5.27. The second-order valence-electron chi connectivity index (χ2n) is 4.78. The van der Waals surface area contributed by atoms with Crippen molar-refractivity contribution in [2.45, 2.75) is 39.2 Å². The van der Waals surface area contributed by atoms with Gasteiger partial charge in [-0.05, 0) is 25.3 Å². The van der Waals surface area contributed by atoms with Gasteiger partial charge in [-0.3, -0.25) is 4.79 Å². The Morgan fingerprint density at radius 2 is 2.06 bits per heavy atom. The molecule has 1 N–H and O–H groups in total. The number of hydrogen-bond donors (Lipinski definition) is 1. The zero-order chi connectivity index (χ0) is 12.0. The van der Waals surface area contributed by atoms with Crippen LogP contribution in [0, 0.1) is 17.2 Å². The maximum Gasteiger partial charge on any atom is 0.225 e. The van der Waals surface area contributed by atoms with Crippen LogP contribution in [-0.4, -0.2) is 36.5 Å². The molecular weight excluding hydrogens is 202 g/mol. The molecule has 1 heterocycles. The normalized spacial score (nSPS) is 17.5. The summed E-state index contributed by atoms with van der Waals surface area (Å²) in [5, 5.41) is 12.1. The second kappa shape index (κ2) is 6.49. The van der Waals surface area contributed by atoms with Crippen molar-refractivity contribution in [1.29, 1.82) is 5.26 Å². The number of carbonyl (C=O) groups is 1. The van der Waals surface area contributed by atoms with Crippen LogP contribution in [-0.2, 0) is 4.79 Å². The summed E-state index contributed by atoms with van der Waals surface area (Å²) in [5.41, 5.74) is 0. The largest absolute Gasteiger partial charge is 0.343 e. The highest BCUT2D eigenvalue weighted by molar-refractivity contribution is 5.77. The Hall–Kier alpha value is -1.08. The van der Waals surface area contributed by atoms with Crippen LogP contribution >= 0.6 is 0 Å². The predicted molar refractivity (Wildman–Crippen MR) is 62.7 cm³/mol. The number of nitrogens with zero attached hydrogens (tertiary/aromatic N) is 2. The van der Waals surface area contributed by atoms with Crippen LogP contribution < -0.4 is 5.32 Å². The number of nitriles is 1. The van der Waals surface area contributed by atoms with Gasteiger partial charge >= 0.3 is 0 Å². The minimum absolute atomic E-state index is 0.111. The van der Waals surface area contributed by atoms with E-state index in [2.05, 4.69) is 25.2 Å². The molecular formula is C12H21N3O. The van der Waals surface area contributed by atoms with Crippen molar-refractivity contribution in [1.82, 2.24) is 10.2 Å². The van der Waals surface area contributed by atoms with Gasteiger partial charge in [-0.1, -0.05) is 13.8 Å². The van der Waals surface area contributed by atoms with Crippen LogP contribution in [0.1, 0.15) is 33.1 Å². The number of likely N-dealkylation sites (tertiary alicyclic amines) is 1. The topological polar surface area (TPSA) is 56.1 Å². The molecule has 4 nitrogen and oxygen atoms in total. The van der Waals surface area contributed by atoms with Crippen LogP contribution in [0.5, 0.6) is 0 Å². The van der Waals surface area contributed by atoms with Crippen LogP contribution in [0.2, 0.25) is 0 Å². The summed E-state index contributed by atoms with van der Waals surface area (Å²) in [4.78, 5) is 13.7. The van der Waals surface area contributed by atoms with Crippen LogP contribution in [0.4, 0.5) is 0 Å². The third kappa shape index (κ3) is 4.19. The van der Waals surface area contributed by atoms with Crippen LogP contribution in [0.15, 0.2) is 0 Å². The van der Waals surface area contributed by atoms with Gasteiger partial charge in [-0.2, -0.15) is 5.26 Å². The molecule has 0 aromatic heterocycles. The van der Waals surface area contributed by atoms with Crippen molar-refractivity contribution in [2.24, 2.45) is 5.92 Å². The van der Waals surface area contributed by atoms with E-state index in [4.69, 9.17) is 5.26 Å². The van der Waals surface area contributed by atoms with Gasteiger partial charge in [-0.15, -0.1) is 0 Å². The number of carbonyl (C=O) groups excluding carboxylic acids is 1. The molecule has 1 fully saturated rings. The maximum absolute atomic E-state index is 11.8. The highest BCUT2D eigenvalue weighted by Gasteiger charge is 2.21. The SMILES string of the molecule is CC(C)CNC(C#N)CC(=O)N1CCCC1. The van der Waals surface area contributed by atoms with Crippen molar-refractivity contribution < 1.29 is 4.79 Å². The molecule has 0 radical (unpaired) electrons. The lowest BCUT2D eigenvalue weighted by Gasteiger charge is -2.18. The third-order valence-corrected chi connectivity index (χ3v) is 2.77. The first kappa shape index (κ1) is 13.0. The molecule has 1 rings (SSSR count). The molecule has 1 atom stereocenters. The molecule has 1 aliphatic heterocycles. The smallest absolute Gasteiger partial charge is 0.225 e. The molecule has 0 saturated carbocycles. The molecule has 1 amide bonds. The molecule has 4 heteroatoms.